The van der Waals surface area contributed by atoms with E-state index in [1.54, 1.807) is 6.07 Å². The van der Waals surface area contributed by atoms with Gasteiger partial charge in [-0.2, -0.15) is 10.2 Å². The van der Waals surface area contributed by atoms with Crippen LogP contribution in [0.2, 0.25) is 0 Å². The lowest BCUT2D eigenvalue weighted by Crippen LogP contribution is -2.02. The summed E-state index contributed by atoms with van der Waals surface area (Å²) < 4.78 is 45.2. The van der Waals surface area contributed by atoms with Gasteiger partial charge in [0, 0.05) is 13.1 Å². The summed E-state index contributed by atoms with van der Waals surface area (Å²) in [4.78, 5) is 3.58. The summed E-state index contributed by atoms with van der Waals surface area (Å²) >= 11 is 0. The van der Waals surface area contributed by atoms with Gasteiger partial charge in [0.2, 0.25) is 0 Å². The molecule has 0 spiro atoms. The van der Waals surface area contributed by atoms with Gasteiger partial charge in [0.1, 0.15) is 23.2 Å². The van der Waals surface area contributed by atoms with Crippen LogP contribution in [-0.4, -0.2) is 12.0 Å². The van der Waals surface area contributed by atoms with Crippen molar-refractivity contribution in [3.63, 3.8) is 0 Å². The Kier molecular flexibility index (Phi) is 3.75. The van der Waals surface area contributed by atoms with Crippen LogP contribution in [0.25, 0.3) is 0 Å². The molecule has 2 aromatic rings. The smallest absolute Gasteiger partial charge is 0.258 e. The second kappa shape index (κ2) is 5.48. The van der Waals surface area contributed by atoms with Gasteiger partial charge in [-0.3, -0.25) is 0 Å². The standard InChI is InChI=1S/C13H8F3N3O/c1-18-12-9(15)5-10(16)13(19-12)20-11-4-2-3-8(14)7(11)6-17/h2-5H,1H3,(H,18,19). The maximum absolute atomic E-state index is 13.6. The highest BCUT2D eigenvalue weighted by atomic mass is 19.1. The molecular weight excluding hydrogens is 271 g/mol. The van der Waals surface area contributed by atoms with Crippen molar-refractivity contribution in [2.75, 3.05) is 12.4 Å². The average molecular weight is 279 g/mol. The van der Waals surface area contributed by atoms with Crippen LogP contribution in [0.3, 0.4) is 0 Å². The molecule has 102 valence electrons. The van der Waals surface area contributed by atoms with E-state index in [-0.39, 0.29) is 17.1 Å². The molecule has 0 bridgehead atoms. The van der Waals surface area contributed by atoms with Gasteiger partial charge in [-0.1, -0.05) is 6.07 Å². The van der Waals surface area contributed by atoms with Crippen molar-refractivity contribution in [1.29, 1.82) is 5.26 Å². The number of anilines is 1. The Bertz CT molecular complexity index is 698. The predicted octanol–water partition coefficient (Wildman–Crippen LogP) is 3.20. The summed E-state index contributed by atoms with van der Waals surface area (Å²) in [7, 11) is 1.40. The van der Waals surface area contributed by atoms with E-state index in [0.29, 0.717) is 6.07 Å². The minimum Gasteiger partial charge on any atom is -0.435 e. The highest BCUT2D eigenvalue weighted by molar-refractivity contribution is 5.46. The number of rotatable bonds is 3. The second-order valence-corrected chi connectivity index (χ2v) is 3.68. The van der Waals surface area contributed by atoms with Gasteiger partial charge in [-0.05, 0) is 12.1 Å². The van der Waals surface area contributed by atoms with Crippen LogP contribution in [0, 0.1) is 28.8 Å². The summed E-state index contributed by atoms with van der Waals surface area (Å²) in [5, 5.41) is 11.3. The Morgan fingerprint density at radius 3 is 2.60 bits per heavy atom. The zero-order valence-electron chi connectivity index (χ0n) is 10.2. The number of aromatic nitrogens is 1. The fourth-order valence-electron chi connectivity index (χ4n) is 1.50. The second-order valence-electron chi connectivity index (χ2n) is 3.68. The van der Waals surface area contributed by atoms with Gasteiger partial charge in [-0.25, -0.2) is 13.2 Å². The van der Waals surface area contributed by atoms with Crippen molar-refractivity contribution < 1.29 is 17.9 Å². The lowest BCUT2D eigenvalue weighted by molar-refractivity contribution is 0.414. The zero-order chi connectivity index (χ0) is 14.7. The molecule has 1 heterocycles. The van der Waals surface area contributed by atoms with Crippen LogP contribution in [0.1, 0.15) is 5.56 Å². The molecule has 4 nitrogen and oxygen atoms in total. The molecule has 1 aromatic carbocycles. The molecule has 1 N–H and O–H groups in total. The molecule has 0 aliphatic heterocycles. The van der Waals surface area contributed by atoms with E-state index in [1.165, 1.54) is 19.2 Å². The molecule has 0 saturated heterocycles. The van der Waals surface area contributed by atoms with Crippen molar-refractivity contribution in [3.8, 4) is 17.7 Å². The van der Waals surface area contributed by atoms with E-state index >= 15 is 0 Å². The first-order valence-electron chi connectivity index (χ1n) is 5.47. The fraction of sp³-hybridized carbons (Fsp3) is 0.0769. The number of nitriles is 1. The van der Waals surface area contributed by atoms with E-state index < -0.39 is 23.3 Å². The van der Waals surface area contributed by atoms with Gasteiger partial charge in [-0.15, -0.1) is 0 Å². The van der Waals surface area contributed by atoms with Crippen molar-refractivity contribution in [2.24, 2.45) is 0 Å². The third-order valence-electron chi connectivity index (χ3n) is 2.43. The lowest BCUT2D eigenvalue weighted by atomic mass is 10.2. The quantitative estimate of drug-likeness (QED) is 0.937. The third kappa shape index (κ3) is 2.49. The van der Waals surface area contributed by atoms with Crippen LogP contribution in [0.15, 0.2) is 24.3 Å². The van der Waals surface area contributed by atoms with Crippen LogP contribution in [0.5, 0.6) is 11.6 Å². The molecule has 0 radical (unpaired) electrons. The van der Waals surface area contributed by atoms with Gasteiger partial charge >= 0.3 is 0 Å². The minimum absolute atomic E-state index is 0.201. The Morgan fingerprint density at radius 2 is 1.95 bits per heavy atom. The highest BCUT2D eigenvalue weighted by Gasteiger charge is 2.16. The van der Waals surface area contributed by atoms with Gasteiger partial charge in [0.05, 0.1) is 0 Å². The molecule has 2 rings (SSSR count). The number of nitrogens with one attached hydrogen (secondary N) is 1. The van der Waals surface area contributed by atoms with Crippen LogP contribution < -0.4 is 10.1 Å². The average Bonchev–Trinajstić information content (AvgIpc) is 2.42. The van der Waals surface area contributed by atoms with Gasteiger partial charge in [0.25, 0.3) is 5.88 Å². The van der Waals surface area contributed by atoms with E-state index in [4.69, 9.17) is 10.00 Å². The molecule has 20 heavy (non-hydrogen) atoms. The van der Waals surface area contributed by atoms with Crippen LogP contribution in [0.4, 0.5) is 19.0 Å². The first-order valence-corrected chi connectivity index (χ1v) is 5.47. The Labute approximate surface area is 112 Å². The van der Waals surface area contributed by atoms with Crippen LogP contribution in [-0.2, 0) is 0 Å². The molecule has 0 atom stereocenters. The van der Waals surface area contributed by atoms with Crippen LogP contribution >= 0.6 is 0 Å². The number of benzene rings is 1. The summed E-state index contributed by atoms with van der Waals surface area (Å²) in [5.41, 5.74) is -0.385. The maximum Gasteiger partial charge on any atom is 0.258 e. The van der Waals surface area contributed by atoms with E-state index in [2.05, 4.69) is 10.3 Å². The summed E-state index contributed by atoms with van der Waals surface area (Å²) in [6, 6.07) is 5.84. The Balaban J connectivity index is 2.46. The summed E-state index contributed by atoms with van der Waals surface area (Å²) in [6.45, 7) is 0. The number of hydrogen-bond acceptors (Lipinski definition) is 4. The minimum atomic E-state index is -1.06. The Hall–Kier alpha value is -2.75. The van der Waals surface area contributed by atoms with Gasteiger partial charge in [0.15, 0.2) is 17.5 Å². The lowest BCUT2D eigenvalue weighted by Gasteiger charge is -2.09. The molecule has 0 unspecified atom stereocenters. The molecule has 0 saturated carbocycles. The van der Waals surface area contributed by atoms with Crippen molar-refractivity contribution >= 4 is 5.82 Å². The number of ether oxygens (including phenoxy) is 1. The topological polar surface area (TPSA) is 57.9 Å². The van der Waals surface area contributed by atoms with Gasteiger partial charge < -0.3 is 10.1 Å². The molecule has 1 aromatic heterocycles. The maximum atomic E-state index is 13.6. The summed E-state index contributed by atoms with van der Waals surface area (Å²) in [5.74, 6) is -3.74. The first-order chi connectivity index (χ1) is 9.56. The first kappa shape index (κ1) is 13.7. The molecule has 0 fully saturated rings. The van der Waals surface area contributed by atoms with E-state index in [1.807, 2.05) is 0 Å². The number of pyridine rings is 1. The van der Waals surface area contributed by atoms with E-state index in [0.717, 1.165) is 6.07 Å². The number of halogens is 3. The number of hydrogen-bond donors (Lipinski definition) is 1. The largest absolute Gasteiger partial charge is 0.435 e. The monoisotopic (exact) mass is 279 g/mol. The normalized spacial score (nSPS) is 9.95. The van der Waals surface area contributed by atoms with Crippen molar-refractivity contribution in [2.45, 2.75) is 0 Å². The molecule has 0 aliphatic carbocycles. The molecule has 7 heteroatoms. The molecular formula is C13H8F3N3O. The predicted molar refractivity (Wildman–Crippen MR) is 64.9 cm³/mol. The van der Waals surface area contributed by atoms with Crippen molar-refractivity contribution in [3.05, 3.63) is 47.3 Å². The Morgan fingerprint density at radius 1 is 1.20 bits per heavy atom. The van der Waals surface area contributed by atoms with E-state index in [9.17, 15) is 13.2 Å². The third-order valence-corrected chi connectivity index (χ3v) is 2.43. The zero-order valence-corrected chi connectivity index (χ0v) is 10.2. The van der Waals surface area contributed by atoms with Crippen molar-refractivity contribution in [1.82, 2.24) is 4.98 Å². The number of nitrogens with zero attached hydrogens (tertiary/aromatic N) is 2. The fourth-order valence-corrected chi connectivity index (χ4v) is 1.50. The molecule has 0 aliphatic rings. The summed E-state index contributed by atoms with van der Waals surface area (Å²) in [6.07, 6.45) is 0. The SMILES string of the molecule is CNc1nc(Oc2cccc(F)c2C#N)c(F)cc1F. The highest BCUT2D eigenvalue weighted by Crippen LogP contribution is 2.29. The molecule has 0 amide bonds.